The highest BCUT2D eigenvalue weighted by molar-refractivity contribution is 5.81. The second-order valence-electron chi connectivity index (χ2n) is 4.65. The van der Waals surface area contributed by atoms with E-state index in [1.807, 2.05) is 18.5 Å². The summed E-state index contributed by atoms with van der Waals surface area (Å²) in [6.45, 7) is 2.35. The molecule has 0 radical (unpaired) electrons. The molecule has 2 aromatic heterocycles. The van der Waals surface area contributed by atoms with Crippen molar-refractivity contribution < 1.29 is 0 Å². The molecule has 2 N–H and O–H groups in total. The van der Waals surface area contributed by atoms with Gasteiger partial charge in [0.1, 0.15) is 0 Å². The van der Waals surface area contributed by atoms with Crippen LogP contribution in [0.3, 0.4) is 0 Å². The maximum absolute atomic E-state index is 4.20. The van der Waals surface area contributed by atoms with Crippen molar-refractivity contribution in [2.45, 2.75) is 19.3 Å². The average Bonchev–Trinajstić information content (AvgIpc) is 2.74. The van der Waals surface area contributed by atoms with Crippen LogP contribution in [-0.4, -0.2) is 23.1 Å². The molecule has 3 rings (SSSR count). The van der Waals surface area contributed by atoms with Crippen molar-refractivity contribution in [3.05, 3.63) is 30.2 Å². The fourth-order valence-corrected chi connectivity index (χ4v) is 2.60. The zero-order valence-electron chi connectivity index (χ0n) is 9.37. The highest BCUT2D eigenvalue weighted by atomic mass is 14.9. The smallest absolute Gasteiger partial charge is 0.0487 e. The van der Waals surface area contributed by atoms with Crippen LogP contribution in [0.1, 0.15) is 18.4 Å². The molecule has 1 saturated heterocycles. The van der Waals surface area contributed by atoms with Gasteiger partial charge < -0.3 is 10.3 Å². The van der Waals surface area contributed by atoms with Crippen molar-refractivity contribution in [3.8, 4) is 0 Å². The number of nitrogens with zero attached hydrogens (tertiary/aromatic N) is 1. The lowest BCUT2D eigenvalue weighted by Crippen LogP contribution is -2.30. The summed E-state index contributed by atoms with van der Waals surface area (Å²) in [4.78, 5) is 7.52. The Morgan fingerprint density at radius 1 is 1.44 bits per heavy atom. The SMILES string of the molecule is c1cc2[nH]cc(CC3CCCNC3)c2cn1. The van der Waals surface area contributed by atoms with Crippen LogP contribution in [0.25, 0.3) is 10.9 Å². The van der Waals surface area contributed by atoms with Crippen LogP contribution in [0.2, 0.25) is 0 Å². The zero-order valence-corrected chi connectivity index (χ0v) is 9.37. The Morgan fingerprint density at radius 2 is 2.44 bits per heavy atom. The molecule has 1 unspecified atom stereocenters. The van der Waals surface area contributed by atoms with Crippen molar-refractivity contribution in [1.29, 1.82) is 0 Å². The highest BCUT2D eigenvalue weighted by Gasteiger charge is 2.15. The predicted octanol–water partition coefficient (Wildman–Crippen LogP) is 2.10. The standard InChI is InChI=1S/C13H17N3/c1-2-10(7-14-4-1)6-11-8-16-13-3-5-15-9-12(11)13/h3,5,8-10,14,16H,1-2,4,6-7H2. The van der Waals surface area contributed by atoms with Crippen LogP contribution in [0, 0.1) is 5.92 Å². The molecule has 0 spiro atoms. The number of rotatable bonds is 2. The molecular weight excluding hydrogens is 198 g/mol. The summed E-state index contributed by atoms with van der Waals surface area (Å²) in [6.07, 6.45) is 9.77. The Hall–Kier alpha value is -1.35. The van der Waals surface area contributed by atoms with Crippen molar-refractivity contribution in [3.63, 3.8) is 0 Å². The van der Waals surface area contributed by atoms with Gasteiger partial charge in [0.2, 0.25) is 0 Å². The lowest BCUT2D eigenvalue weighted by molar-refractivity contribution is 0.377. The number of hydrogen-bond donors (Lipinski definition) is 2. The Bertz CT molecular complexity index is 469. The first-order valence-corrected chi connectivity index (χ1v) is 6.04. The monoisotopic (exact) mass is 215 g/mol. The van der Waals surface area contributed by atoms with Gasteiger partial charge >= 0.3 is 0 Å². The number of aromatic nitrogens is 2. The van der Waals surface area contributed by atoms with E-state index in [4.69, 9.17) is 0 Å². The van der Waals surface area contributed by atoms with Crippen molar-refractivity contribution in [1.82, 2.24) is 15.3 Å². The average molecular weight is 215 g/mol. The summed E-state index contributed by atoms with van der Waals surface area (Å²) in [5, 5.41) is 4.75. The first-order valence-electron chi connectivity index (χ1n) is 6.04. The molecule has 1 fully saturated rings. The van der Waals surface area contributed by atoms with E-state index < -0.39 is 0 Å². The number of aromatic amines is 1. The zero-order chi connectivity index (χ0) is 10.8. The van der Waals surface area contributed by atoms with E-state index in [0.29, 0.717) is 0 Å². The second kappa shape index (κ2) is 4.26. The molecule has 0 bridgehead atoms. The molecule has 0 saturated carbocycles. The van der Waals surface area contributed by atoms with E-state index in [0.717, 1.165) is 12.5 Å². The minimum atomic E-state index is 0.785. The highest BCUT2D eigenvalue weighted by Crippen LogP contribution is 2.22. The molecular formula is C13H17N3. The van der Waals surface area contributed by atoms with Crippen LogP contribution in [0.5, 0.6) is 0 Å². The van der Waals surface area contributed by atoms with Gasteiger partial charge in [-0.15, -0.1) is 0 Å². The van der Waals surface area contributed by atoms with E-state index in [9.17, 15) is 0 Å². The van der Waals surface area contributed by atoms with Crippen LogP contribution in [0.4, 0.5) is 0 Å². The molecule has 3 nitrogen and oxygen atoms in total. The maximum atomic E-state index is 4.20. The molecule has 3 heteroatoms. The van der Waals surface area contributed by atoms with Gasteiger partial charge in [-0.2, -0.15) is 0 Å². The number of pyridine rings is 1. The van der Waals surface area contributed by atoms with Crippen LogP contribution < -0.4 is 5.32 Å². The van der Waals surface area contributed by atoms with Gasteiger partial charge in [0.15, 0.2) is 0 Å². The van der Waals surface area contributed by atoms with Crippen molar-refractivity contribution in [2.75, 3.05) is 13.1 Å². The molecule has 2 aromatic rings. The molecule has 0 amide bonds. The lowest BCUT2D eigenvalue weighted by atomic mass is 9.92. The van der Waals surface area contributed by atoms with Gasteiger partial charge in [-0.1, -0.05) is 0 Å². The summed E-state index contributed by atoms with van der Waals surface area (Å²) in [5.41, 5.74) is 2.62. The number of H-pyrrole nitrogens is 1. The van der Waals surface area contributed by atoms with Gasteiger partial charge in [-0.3, -0.25) is 4.98 Å². The van der Waals surface area contributed by atoms with Gasteiger partial charge in [-0.05, 0) is 49.9 Å². The van der Waals surface area contributed by atoms with E-state index in [2.05, 4.69) is 21.5 Å². The van der Waals surface area contributed by atoms with Gasteiger partial charge in [-0.25, -0.2) is 0 Å². The van der Waals surface area contributed by atoms with E-state index in [1.54, 1.807) is 0 Å². The quantitative estimate of drug-likeness (QED) is 0.805. The first-order chi connectivity index (χ1) is 7.93. The third-order valence-electron chi connectivity index (χ3n) is 3.48. The molecule has 1 aliphatic rings. The normalized spacial score (nSPS) is 21.4. The molecule has 0 aliphatic carbocycles. The summed E-state index contributed by atoms with van der Waals surface area (Å²) >= 11 is 0. The van der Waals surface area contributed by atoms with E-state index in [-0.39, 0.29) is 0 Å². The largest absolute Gasteiger partial charge is 0.361 e. The third kappa shape index (κ3) is 1.83. The number of hydrogen-bond acceptors (Lipinski definition) is 2. The summed E-state index contributed by atoms with van der Waals surface area (Å²) in [5.74, 6) is 0.785. The van der Waals surface area contributed by atoms with Crippen molar-refractivity contribution >= 4 is 10.9 Å². The lowest BCUT2D eigenvalue weighted by Gasteiger charge is -2.22. The van der Waals surface area contributed by atoms with Crippen LogP contribution in [-0.2, 0) is 6.42 Å². The fraction of sp³-hybridized carbons (Fsp3) is 0.462. The second-order valence-corrected chi connectivity index (χ2v) is 4.65. The van der Waals surface area contributed by atoms with Gasteiger partial charge in [0, 0.05) is 29.5 Å². The number of piperidine rings is 1. The minimum absolute atomic E-state index is 0.785. The molecule has 0 aromatic carbocycles. The van der Waals surface area contributed by atoms with Gasteiger partial charge in [0.05, 0.1) is 0 Å². The Kier molecular flexibility index (Phi) is 2.62. The summed E-state index contributed by atoms with van der Waals surface area (Å²) in [7, 11) is 0. The Morgan fingerprint density at radius 3 is 3.31 bits per heavy atom. The molecule has 16 heavy (non-hydrogen) atoms. The topological polar surface area (TPSA) is 40.7 Å². The van der Waals surface area contributed by atoms with Crippen LogP contribution >= 0.6 is 0 Å². The Labute approximate surface area is 95.3 Å². The molecule has 3 heterocycles. The maximum Gasteiger partial charge on any atom is 0.0487 e. The van der Waals surface area contributed by atoms with Crippen LogP contribution in [0.15, 0.2) is 24.7 Å². The summed E-state index contributed by atoms with van der Waals surface area (Å²) in [6, 6.07) is 2.04. The Balaban J connectivity index is 1.83. The first kappa shape index (κ1) is 9.85. The molecule has 1 aliphatic heterocycles. The number of fused-ring (bicyclic) bond motifs is 1. The van der Waals surface area contributed by atoms with E-state index >= 15 is 0 Å². The number of nitrogens with one attached hydrogen (secondary N) is 2. The summed E-state index contributed by atoms with van der Waals surface area (Å²) < 4.78 is 0. The fourth-order valence-electron chi connectivity index (χ4n) is 2.60. The van der Waals surface area contributed by atoms with Gasteiger partial charge in [0.25, 0.3) is 0 Å². The minimum Gasteiger partial charge on any atom is -0.361 e. The van der Waals surface area contributed by atoms with Crippen molar-refractivity contribution in [2.24, 2.45) is 5.92 Å². The predicted molar refractivity (Wildman–Crippen MR) is 65.4 cm³/mol. The molecule has 84 valence electrons. The van der Waals surface area contributed by atoms with E-state index in [1.165, 1.54) is 42.3 Å². The molecule has 1 atom stereocenters. The third-order valence-corrected chi connectivity index (χ3v) is 3.48.